The lowest BCUT2D eigenvalue weighted by Crippen LogP contribution is -2.15. The molecule has 0 aliphatic heterocycles. The summed E-state index contributed by atoms with van der Waals surface area (Å²) in [5, 5.41) is 3.61. The summed E-state index contributed by atoms with van der Waals surface area (Å²) in [7, 11) is 1.62. The number of methoxy groups -OCH3 is 1. The zero-order valence-corrected chi connectivity index (χ0v) is 13.0. The summed E-state index contributed by atoms with van der Waals surface area (Å²) < 4.78 is 10.2. The minimum atomic E-state index is -0.643. The largest absolute Gasteiger partial charge is 0.397 e. The number of Topliss-reactive ketones (excluding diaryl/α,β-unsaturated/α-hetero) is 1. The van der Waals surface area contributed by atoms with Crippen molar-refractivity contribution in [1.82, 2.24) is 0 Å². The van der Waals surface area contributed by atoms with Crippen molar-refractivity contribution >= 4 is 33.7 Å². The summed E-state index contributed by atoms with van der Waals surface area (Å²) in [6, 6.07) is 0. The number of amides is 1. The van der Waals surface area contributed by atoms with Gasteiger partial charge in [-0.3, -0.25) is 9.59 Å². The maximum Gasteiger partial charge on any atom is 0.253 e. The summed E-state index contributed by atoms with van der Waals surface area (Å²) in [5.74, 6) is -0.828. The van der Waals surface area contributed by atoms with Crippen molar-refractivity contribution in [3.8, 4) is 0 Å². The summed E-state index contributed by atoms with van der Waals surface area (Å²) in [6.07, 6.45) is 0.745. The fraction of sp³-hybridized carbons (Fsp3) is 0.538. The van der Waals surface area contributed by atoms with Crippen LogP contribution < -0.4 is 16.8 Å². The highest BCUT2D eigenvalue weighted by Crippen LogP contribution is 2.35. The van der Waals surface area contributed by atoms with Crippen LogP contribution in [0, 0.1) is 0 Å². The van der Waals surface area contributed by atoms with Gasteiger partial charge < -0.3 is 26.3 Å². The third-order valence-electron chi connectivity index (χ3n) is 2.69. The number of nitrogen functional groups attached to an aromatic ring is 1. The van der Waals surface area contributed by atoms with Crippen molar-refractivity contribution in [2.24, 2.45) is 5.73 Å². The van der Waals surface area contributed by atoms with Gasteiger partial charge in [-0.15, -0.1) is 11.3 Å². The Morgan fingerprint density at radius 2 is 2.00 bits per heavy atom. The molecule has 1 amide bonds. The number of anilines is 2. The van der Waals surface area contributed by atoms with Crippen molar-refractivity contribution in [2.45, 2.75) is 13.3 Å². The Morgan fingerprint density at radius 1 is 1.29 bits per heavy atom. The fourth-order valence-corrected chi connectivity index (χ4v) is 2.74. The second kappa shape index (κ2) is 8.60. The minimum Gasteiger partial charge on any atom is -0.397 e. The number of thiophene rings is 1. The van der Waals surface area contributed by atoms with E-state index in [0.29, 0.717) is 36.2 Å². The molecular weight excluding hydrogens is 294 g/mol. The van der Waals surface area contributed by atoms with Crippen LogP contribution in [0.5, 0.6) is 0 Å². The quantitative estimate of drug-likeness (QED) is 0.439. The van der Waals surface area contributed by atoms with Gasteiger partial charge in [-0.1, -0.05) is 0 Å². The van der Waals surface area contributed by atoms with Crippen LogP contribution >= 0.6 is 11.3 Å². The molecular formula is C13H21N3O4S. The van der Waals surface area contributed by atoms with E-state index in [1.54, 1.807) is 7.11 Å². The molecule has 1 aromatic rings. The smallest absolute Gasteiger partial charge is 0.253 e. The van der Waals surface area contributed by atoms with Gasteiger partial charge in [0.1, 0.15) is 5.00 Å². The first kappa shape index (κ1) is 17.4. The Morgan fingerprint density at radius 3 is 2.57 bits per heavy atom. The van der Waals surface area contributed by atoms with Crippen LogP contribution in [0.25, 0.3) is 0 Å². The molecule has 0 atom stereocenters. The summed E-state index contributed by atoms with van der Waals surface area (Å²) in [5.41, 5.74) is 11.5. The number of carbonyl (C=O) groups excluding carboxylic acids is 2. The van der Waals surface area contributed by atoms with E-state index in [2.05, 4.69) is 5.32 Å². The van der Waals surface area contributed by atoms with Gasteiger partial charge in [0.2, 0.25) is 0 Å². The van der Waals surface area contributed by atoms with Crippen LogP contribution in [-0.2, 0) is 9.47 Å². The highest BCUT2D eigenvalue weighted by Gasteiger charge is 2.21. The van der Waals surface area contributed by atoms with Crippen molar-refractivity contribution < 1.29 is 19.1 Å². The molecule has 1 heterocycles. The van der Waals surface area contributed by atoms with Crippen LogP contribution in [0.3, 0.4) is 0 Å². The molecule has 0 aliphatic carbocycles. The zero-order valence-electron chi connectivity index (χ0n) is 12.2. The molecule has 0 spiro atoms. The molecule has 8 heteroatoms. The van der Waals surface area contributed by atoms with Gasteiger partial charge >= 0.3 is 0 Å². The SMILES string of the molecule is COCCOCCCNc1sc(C(C)=O)c(N)c1C(N)=O. The molecule has 0 radical (unpaired) electrons. The summed E-state index contributed by atoms with van der Waals surface area (Å²) in [6.45, 7) is 3.67. The predicted octanol–water partition coefficient (Wildman–Crippen LogP) is 1.10. The van der Waals surface area contributed by atoms with Gasteiger partial charge in [-0.25, -0.2) is 0 Å². The van der Waals surface area contributed by atoms with Crippen LogP contribution in [0.2, 0.25) is 0 Å². The lowest BCUT2D eigenvalue weighted by atomic mass is 10.2. The molecule has 7 nitrogen and oxygen atoms in total. The van der Waals surface area contributed by atoms with Gasteiger partial charge in [-0.2, -0.15) is 0 Å². The Labute approximate surface area is 127 Å². The van der Waals surface area contributed by atoms with Crippen molar-refractivity contribution in [3.05, 3.63) is 10.4 Å². The van der Waals surface area contributed by atoms with Crippen LogP contribution in [0.4, 0.5) is 10.7 Å². The monoisotopic (exact) mass is 315 g/mol. The fourth-order valence-electron chi connectivity index (χ4n) is 1.69. The van der Waals surface area contributed by atoms with E-state index in [9.17, 15) is 9.59 Å². The summed E-state index contributed by atoms with van der Waals surface area (Å²) in [4.78, 5) is 23.2. The highest BCUT2D eigenvalue weighted by molar-refractivity contribution is 7.19. The number of nitrogens with one attached hydrogen (secondary N) is 1. The zero-order chi connectivity index (χ0) is 15.8. The van der Waals surface area contributed by atoms with E-state index < -0.39 is 5.91 Å². The normalized spacial score (nSPS) is 10.6. The Bertz CT molecular complexity index is 502. The molecule has 0 bridgehead atoms. The predicted molar refractivity (Wildman–Crippen MR) is 83.1 cm³/mol. The van der Waals surface area contributed by atoms with Crippen molar-refractivity contribution in [2.75, 3.05) is 44.5 Å². The first-order valence-corrected chi connectivity index (χ1v) is 7.34. The number of carbonyl (C=O) groups is 2. The van der Waals surface area contributed by atoms with Gasteiger partial charge in [0, 0.05) is 27.2 Å². The first-order chi connectivity index (χ1) is 9.99. The molecule has 0 aromatic carbocycles. The molecule has 0 aliphatic rings. The Balaban J connectivity index is 2.56. The molecule has 5 N–H and O–H groups in total. The molecule has 0 saturated carbocycles. The number of primary amides is 1. The van der Waals surface area contributed by atoms with E-state index in [1.165, 1.54) is 6.92 Å². The number of ketones is 1. The number of nitrogens with two attached hydrogens (primary N) is 2. The molecule has 1 aromatic heterocycles. The maximum atomic E-state index is 11.4. The molecule has 21 heavy (non-hydrogen) atoms. The van der Waals surface area contributed by atoms with E-state index in [0.717, 1.165) is 17.8 Å². The lowest BCUT2D eigenvalue weighted by Gasteiger charge is -2.06. The molecule has 0 fully saturated rings. The van der Waals surface area contributed by atoms with Crippen LogP contribution in [0.15, 0.2) is 0 Å². The standard InChI is InChI=1S/C13H21N3O4S/c1-8(17)11-10(14)9(12(15)18)13(21-11)16-4-3-5-20-7-6-19-2/h16H,3-7,14H2,1-2H3,(H2,15,18). The minimum absolute atomic E-state index is 0.152. The van der Waals surface area contributed by atoms with Gasteiger partial charge in [0.25, 0.3) is 5.91 Å². The number of ether oxygens (including phenoxy) is 2. The first-order valence-electron chi connectivity index (χ1n) is 6.52. The van der Waals surface area contributed by atoms with E-state index in [-0.39, 0.29) is 17.0 Å². The molecule has 0 unspecified atom stereocenters. The molecule has 1 rings (SSSR count). The third kappa shape index (κ3) is 5.00. The third-order valence-corrected chi connectivity index (χ3v) is 3.96. The Hall–Kier alpha value is -1.64. The second-order valence-electron chi connectivity index (χ2n) is 4.35. The Kier molecular flexibility index (Phi) is 7.13. The van der Waals surface area contributed by atoms with E-state index in [4.69, 9.17) is 20.9 Å². The van der Waals surface area contributed by atoms with Crippen LogP contribution in [-0.4, -0.2) is 45.2 Å². The average Bonchev–Trinajstić information content (AvgIpc) is 2.75. The second-order valence-corrected chi connectivity index (χ2v) is 5.38. The molecule has 0 saturated heterocycles. The number of hydrogen-bond acceptors (Lipinski definition) is 7. The number of rotatable bonds is 10. The van der Waals surface area contributed by atoms with Crippen LogP contribution in [0.1, 0.15) is 33.4 Å². The van der Waals surface area contributed by atoms with Crippen molar-refractivity contribution in [3.63, 3.8) is 0 Å². The topological polar surface area (TPSA) is 117 Å². The molecule has 118 valence electrons. The highest BCUT2D eigenvalue weighted by atomic mass is 32.1. The maximum absolute atomic E-state index is 11.4. The number of hydrogen-bond donors (Lipinski definition) is 3. The van der Waals surface area contributed by atoms with E-state index in [1.807, 2.05) is 0 Å². The van der Waals surface area contributed by atoms with Gasteiger partial charge in [-0.05, 0) is 6.42 Å². The van der Waals surface area contributed by atoms with E-state index >= 15 is 0 Å². The van der Waals surface area contributed by atoms with Gasteiger partial charge in [0.15, 0.2) is 5.78 Å². The van der Waals surface area contributed by atoms with Gasteiger partial charge in [0.05, 0.1) is 29.3 Å². The van der Waals surface area contributed by atoms with Crippen molar-refractivity contribution in [1.29, 1.82) is 0 Å². The summed E-state index contributed by atoms with van der Waals surface area (Å²) >= 11 is 1.15. The average molecular weight is 315 g/mol. The lowest BCUT2D eigenvalue weighted by molar-refractivity contribution is 0.0705.